The number of rotatable bonds is 4. The molecule has 6 heteroatoms. The molecule has 0 aliphatic carbocycles. The molecule has 0 unspecified atom stereocenters. The van der Waals surface area contributed by atoms with Crippen LogP contribution in [-0.2, 0) is 5.75 Å². The van der Waals surface area contributed by atoms with Gasteiger partial charge in [-0.2, -0.15) is 0 Å². The number of nitrogen functional groups attached to an aromatic ring is 1. The number of hydrazine groups is 1. The largest absolute Gasteiger partial charge is 0.456 e. The maximum absolute atomic E-state index is 13.0. The molecule has 0 saturated heterocycles. The van der Waals surface area contributed by atoms with E-state index in [9.17, 15) is 9.18 Å². The van der Waals surface area contributed by atoms with E-state index in [1.54, 1.807) is 19.1 Å². The van der Waals surface area contributed by atoms with Gasteiger partial charge < -0.3 is 4.42 Å². The molecule has 0 aliphatic heterocycles. The first kappa shape index (κ1) is 13.6. The summed E-state index contributed by atoms with van der Waals surface area (Å²) in [6.45, 7) is 1.77. The number of nitrogens with two attached hydrogens (primary N) is 1. The van der Waals surface area contributed by atoms with Gasteiger partial charge in [-0.3, -0.25) is 10.2 Å². The summed E-state index contributed by atoms with van der Waals surface area (Å²) in [5.41, 5.74) is 2.90. The molecule has 0 spiro atoms. The van der Waals surface area contributed by atoms with Gasteiger partial charge in [0.2, 0.25) is 0 Å². The fourth-order valence-electron chi connectivity index (χ4n) is 1.56. The summed E-state index contributed by atoms with van der Waals surface area (Å²) in [5, 5.41) is 0. The van der Waals surface area contributed by atoms with Crippen LogP contribution in [0.3, 0.4) is 0 Å². The van der Waals surface area contributed by atoms with E-state index in [0.717, 1.165) is 10.5 Å². The van der Waals surface area contributed by atoms with Crippen molar-refractivity contribution >= 4 is 17.7 Å². The van der Waals surface area contributed by atoms with Crippen LogP contribution < -0.4 is 11.3 Å². The van der Waals surface area contributed by atoms with Gasteiger partial charge in [-0.05, 0) is 31.2 Å². The van der Waals surface area contributed by atoms with Gasteiger partial charge in [0.25, 0.3) is 0 Å². The Labute approximate surface area is 114 Å². The zero-order chi connectivity index (χ0) is 13.8. The Morgan fingerprint density at radius 1 is 1.47 bits per heavy atom. The molecule has 0 atom stereocenters. The van der Waals surface area contributed by atoms with Crippen molar-refractivity contribution < 1.29 is 13.6 Å². The topological polar surface area (TPSA) is 68.3 Å². The summed E-state index contributed by atoms with van der Waals surface area (Å²) >= 11 is 1.47. The first-order valence-electron chi connectivity index (χ1n) is 5.59. The molecule has 0 bridgehead atoms. The first-order chi connectivity index (χ1) is 9.10. The normalized spacial score (nSPS) is 10.5. The Balaban J connectivity index is 2.07. The van der Waals surface area contributed by atoms with Gasteiger partial charge in [0.15, 0.2) is 5.76 Å². The van der Waals surface area contributed by atoms with Gasteiger partial charge in [0.1, 0.15) is 11.6 Å². The monoisotopic (exact) mass is 280 g/mol. The van der Waals surface area contributed by atoms with Crippen LogP contribution in [0.1, 0.15) is 21.9 Å². The number of aryl methyl sites for hydroxylation is 1. The van der Waals surface area contributed by atoms with Crippen LogP contribution >= 0.6 is 11.8 Å². The minimum atomic E-state index is -0.467. The molecule has 3 N–H and O–H groups in total. The zero-order valence-electron chi connectivity index (χ0n) is 10.3. The number of furan rings is 1. The zero-order valence-corrected chi connectivity index (χ0v) is 11.1. The number of carbonyl (C=O) groups excluding carboxylic acids is 1. The third-order valence-electron chi connectivity index (χ3n) is 2.57. The lowest BCUT2D eigenvalue weighted by Crippen LogP contribution is -2.29. The summed E-state index contributed by atoms with van der Waals surface area (Å²) in [6.07, 6.45) is 0. The van der Waals surface area contributed by atoms with Gasteiger partial charge in [0.05, 0.1) is 0 Å². The van der Waals surface area contributed by atoms with Gasteiger partial charge >= 0.3 is 5.91 Å². The lowest BCUT2D eigenvalue weighted by atomic mass is 10.3. The molecule has 2 rings (SSSR count). The number of hydrogen-bond donors (Lipinski definition) is 2. The van der Waals surface area contributed by atoms with Gasteiger partial charge in [0, 0.05) is 16.2 Å². The van der Waals surface area contributed by atoms with Crippen molar-refractivity contribution in [2.45, 2.75) is 17.6 Å². The van der Waals surface area contributed by atoms with Crippen molar-refractivity contribution in [2.24, 2.45) is 5.84 Å². The summed E-state index contributed by atoms with van der Waals surface area (Å²) in [7, 11) is 0. The number of amides is 1. The fourth-order valence-corrected chi connectivity index (χ4v) is 2.54. The van der Waals surface area contributed by atoms with Crippen molar-refractivity contribution in [3.05, 3.63) is 53.2 Å². The third-order valence-corrected chi connectivity index (χ3v) is 3.61. The molecule has 0 radical (unpaired) electrons. The molecule has 1 aromatic carbocycles. The number of benzene rings is 1. The standard InChI is InChI=1S/C13H13FN2O2S/c1-8-9(5-12(18-8)13(17)16-15)7-19-11-4-2-3-10(14)6-11/h2-6H,7,15H2,1H3,(H,16,17). The average Bonchev–Trinajstić information content (AvgIpc) is 2.77. The minimum Gasteiger partial charge on any atom is -0.456 e. The average molecular weight is 280 g/mol. The second kappa shape index (κ2) is 5.90. The third kappa shape index (κ3) is 3.36. The van der Waals surface area contributed by atoms with Crippen LogP contribution in [0.15, 0.2) is 39.6 Å². The van der Waals surface area contributed by atoms with Crippen LogP contribution in [0.2, 0.25) is 0 Å². The molecule has 4 nitrogen and oxygen atoms in total. The minimum absolute atomic E-state index is 0.176. The van der Waals surface area contributed by atoms with E-state index in [-0.39, 0.29) is 11.6 Å². The van der Waals surface area contributed by atoms with E-state index >= 15 is 0 Å². The van der Waals surface area contributed by atoms with E-state index in [1.165, 1.54) is 23.9 Å². The highest BCUT2D eigenvalue weighted by Crippen LogP contribution is 2.26. The van der Waals surface area contributed by atoms with Gasteiger partial charge in [-0.15, -0.1) is 11.8 Å². The van der Waals surface area contributed by atoms with Gasteiger partial charge in [-0.25, -0.2) is 10.2 Å². The van der Waals surface area contributed by atoms with Crippen LogP contribution in [0.4, 0.5) is 4.39 Å². The van der Waals surface area contributed by atoms with Crippen LogP contribution in [0, 0.1) is 12.7 Å². The maximum Gasteiger partial charge on any atom is 0.300 e. The summed E-state index contributed by atoms with van der Waals surface area (Å²) in [5.74, 6) is 5.73. The highest BCUT2D eigenvalue weighted by Gasteiger charge is 2.13. The number of hydrogen-bond acceptors (Lipinski definition) is 4. The van der Waals surface area contributed by atoms with Crippen LogP contribution in [0.25, 0.3) is 0 Å². The van der Waals surface area contributed by atoms with Crippen LogP contribution in [0.5, 0.6) is 0 Å². The van der Waals surface area contributed by atoms with E-state index in [2.05, 4.69) is 0 Å². The van der Waals surface area contributed by atoms with E-state index < -0.39 is 5.91 Å². The maximum atomic E-state index is 13.0. The molecular formula is C13H13FN2O2S. The Bertz CT molecular complexity index is 598. The van der Waals surface area contributed by atoms with Crippen molar-refractivity contribution in [3.63, 3.8) is 0 Å². The molecule has 19 heavy (non-hydrogen) atoms. The van der Waals surface area contributed by atoms with E-state index in [1.807, 2.05) is 11.5 Å². The fraction of sp³-hybridized carbons (Fsp3) is 0.154. The highest BCUT2D eigenvalue weighted by molar-refractivity contribution is 7.98. The highest BCUT2D eigenvalue weighted by atomic mass is 32.2. The predicted molar refractivity (Wildman–Crippen MR) is 71.1 cm³/mol. The van der Waals surface area contributed by atoms with Crippen molar-refractivity contribution in [1.29, 1.82) is 0 Å². The van der Waals surface area contributed by atoms with Crippen LogP contribution in [-0.4, -0.2) is 5.91 Å². The molecule has 2 aromatic rings. The lowest BCUT2D eigenvalue weighted by molar-refractivity contribution is 0.0924. The Hall–Kier alpha value is -1.79. The molecule has 100 valence electrons. The quantitative estimate of drug-likeness (QED) is 0.391. The second-order valence-corrected chi connectivity index (χ2v) is 4.96. The van der Waals surface area contributed by atoms with Gasteiger partial charge in [-0.1, -0.05) is 6.07 Å². The lowest BCUT2D eigenvalue weighted by Gasteiger charge is -2.00. The smallest absolute Gasteiger partial charge is 0.300 e. The summed E-state index contributed by atoms with van der Waals surface area (Å²) in [6, 6.07) is 8.00. The summed E-state index contributed by atoms with van der Waals surface area (Å²) < 4.78 is 18.3. The SMILES string of the molecule is Cc1oc(C(=O)NN)cc1CSc1cccc(F)c1. The number of carbonyl (C=O) groups is 1. The number of halogens is 1. The molecule has 1 amide bonds. The molecule has 1 heterocycles. The Morgan fingerprint density at radius 3 is 2.95 bits per heavy atom. The molecule has 0 aliphatic rings. The number of nitrogens with one attached hydrogen (secondary N) is 1. The molecule has 0 saturated carbocycles. The van der Waals surface area contributed by atoms with E-state index in [4.69, 9.17) is 10.3 Å². The Kier molecular flexibility index (Phi) is 4.24. The van der Waals surface area contributed by atoms with Crippen molar-refractivity contribution in [2.75, 3.05) is 0 Å². The van der Waals surface area contributed by atoms with Crippen molar-refractivity contribution in [1.82, 2.24) is 5.43 Å². The molecular weight excluding hydrogens is 267 g/mol. The van der Waals surface area contributed by atoms with E-state index in [0.29, 0.717) is 11.5 Å². The first-order valence-corrected chi connectivity index (χ1v) is 6.57. The second-order valence-electron chi connectivity index (χ2n) is 3.91. The predicted octanol–water partition coefficient (Wildman–Crippen LogP) is 2.62. The molecule has 0 fully saturated rings. The summed E-state index contributed by atoms with van der Waals surface area (Å²) in [4.78, 5) is 12.1. The molecule has 1 aromatic heterocycles. The Morgan fingerprint density at radius 2 is 2.26 bits per heavy atom. The number of thioether (sulfide) groups is 1. The van der Waals surface area contributed by atoms with Crippen molar-refractivity contribution in [3.8, 4) is 0 Å².